The Morgan fingerprint density at radius 2 is 1.93 bits per heavy atom. The first-order valence-corrected chi connectivity index (χ1v) is 4.78. The van der Waals surface area contributed by atoms with Gasteiger partial charge in [0.25, 0.3) is 0 Å². The van der Waals surface area contributed by atoms with Crippen molar-refractivity contribution in [2.45, 2.75) is 25.8 Å². The molecule has 1 saturated heterocycles. The average Bonchev–Trinajstić information content (AvgIpc) is 2.16. The summed E-state index contributed by atoms with van der Waals surface area (Å²) in [4.78, 5) is 23.5. The van der Waals surface area contributed by atoms with Gasteiger partial charge in [0.1, 0.15) is 0 Å². The number of carbonyl (C=O) groups excluding carboxylic acids is 1. The van der Waals surface area contributed by atoms with Crippen molar-refractivity contribution in [3.05, 3.63) is 0 Å². The number of nitrogens with zero attached hydrogens (tertiary/aromatic N) is 1. The van der Waals surface area contributed by atoms with E-state index < -0.39 is 5.97 Å². The number of likely N-dealkylation sites (tertiary alicyclic amines) is 1. The summed E-state index contributed by atoms with van der Waals surface area (Å²) >= 11 is 0. The molecule has 0 aromatic heterocycles. The van der Waals surface area contributed by atoms with Crippen LogP contribution in [0.2, 0.25) is 0 Å². The number of rotatable bonds is 3. The summed E-state index contributed by atoms with van der Waals surface area (Å²) < 4.78 is 0. The van der Waals surface area contributed by atoms with Crippen molar-refractivity contribution in [2.75, 3.05) is 13.1 Å². The second-order valence-corrected chi connectivity index (χ2v) is 3.73. The quantitative estimate of drug-likeness (QED) is 0.652. The first kappa shape index (κ1) is 11.0. The molecule has 1 amide bonds. The van der Waals surface area contributed by atoms with E-state index in [1.165, 1.54) is 0 Å². The first-order valence-electron chi connectivity index (χ1n) is 4.78. The van der Waals surface area contributed by atoms with Gasteiger partial charge in [0, 0.05) is 0 Å². The van der Waals surface area contributed by atoms with Gasteiger partial charge in [0.2, 0.25) is 5.91 Å². The van der Waals surface area contributed by atoms with E-state index in [1.807, 2.05) is 4.90 Å². The normalized spacial score (nSPS) is 21.8. The van der Waals surface area contributed by atoms with E-state index in [2.05, 4.69) is 0 Å². The van der Waals surface area contributed by atoms with Gasteiger partial charge in [-0.2, -0.15) is 0 Å². The molecule has 0 saturated carbocycles. The molecule has 5 nitrogen and oxygen atoms in total. The Kier molecular flexibility index (Phi) is 3.46. The topological polar surface area (TPSA) is 83.6 Å². The molecule has 3 N–H and O–H groups in total. The number of carbonyl (C=O) groups is 2. The van der Waals surface area contributed by atoms with Crippen LogP contribution in [0.4, 0.5) is 0 Å². The Morgan fingerprint density at radius 3 is 2.29 bits per heavy atom. The van der Waals surface area contributed by atoms with Crippen molar-refractivity contribution >= 4 is 11.9 Å². The highest BCUT2D eigenvalue weighted by molar-refractivity contribution is 5.79. The summed E-state index contributed by atoms with van der Waals surface area (Å²) in [5, 5.41) is 8.76. The average molecular weight is 200 g/mol. The maximum Gasteiger partial charge on any atom is 0.306 e. The zero-order chi connectivity index (χ0) is 10.7. The van der Waals surface area contributed by atoms with Crippen molar-refractivity contribution in [2.24, 2.45) is 11.7 Å². The zero-order valence-electron chi connectivity index (χ0n) is 8.27. The summed E-state index contributed by atoms with van der Waals surface area (Å²) in [5.74, 6) is -1.35. The number of piperidine rings is 1. The summed E-state index contributed by atoms with van der Waals surface area (Å²) in [6.45, 7) is 3.03. The molecular weight excluding hydrogens is 184 g/mol. The molecule has 1 rings (SSSR count). The molecule has 0 spiro atoms. The third-order valence-corrected chi connectivity index (χ3v) is 2.84. The van der Waals surface area contributed by atoms with Crippen LogP contribution < -0.4 is 5.73 Å². The van der Waals surface area contributed by atoms with Crippen molar-refractivity contribution in [3.8, 4) is 0 Å². The predicted octanol–water partition coefficient (Wildman–Crippen LogP) is -0.343. The highest BCUT2D eigenvalue weighted by Crippen LogP contribution is 2.18. The number of carboxylic acid groups (broad SMARTS) is 1. The lowest BCUT2D eigenvalue weighted by Crippen LogP contribution is -2.47. The third kappa shape index (κ3) is 2.45. The lowest BCUT2D eigenvalue weighted by Gasteiger charge is -2.33. The summed E-state index contributed by atoms with van der Waals surface area (Å²) in [6.07, 6.45) is 1.21. The van der Waals surface area contributed by atoms with Crippen molar-refractivity contribution in [1.82, 2.24) is 4.90 Å². The van der Waals surface area contributed by atoms with Gasteiger partial charge in [-0.1, -0.05) is 0 Å². The van der Waals surface area contributed by atoms with Gasteiger partial charge in [0.15, 0.2) is 0 Å². The van der Waals surface area contributed by atoms with E-state index in [4.69, 9.17) is 10.8 Å². The highest BCUT2D eigenvalue weighted by atomic mass is 16.4. The standard InChI is InChI=1S/C9H16N2O3/c1-6(8(10)12)11-4-2-7(3-5-11)9(13)14/h6-7H,2-5H2,1H3,(H2,10,12)(H,13,14). The van der Waals surface area contributed by atoms with Gasteiger partial charge in [-0.25, -0.2) is 0 Å². The van der Waals surface area contributed by atoms with E-state index in [0.717, 1.165) is 0 Å². The minimum Gasteiger partial charge on any atom is -0.481 e. The number of hydrogen-bond donors (Lipinski definition) is 2. The van der Waals surface area contributed by atoms with Crippen LogP contribution in [0.3, 0.4) is 0 Å². The maximum absolute atomic E-state index is 10.9. The molecule has 0 aliphatic carbocycles. The van der Waals surface area contributed by atoms with Crippen molar-refractivity contribution in [3.63, 3.8) is 0 Å². The minimum atomic E-state index is -0.739. The summed E-state index contributed by atoms with van der Waals surface area (Å²) in [5.41, 5.74) is 5.16. The van der Waals surface area contributed by atoms with Crippen LogP contribution in [0.25, 0.3) is 0 Å². The van der Waals surface area contributed by atoms with Crippen molar-refractivity contribution in [1.29, 1.82) is 0 Å². The minimum absolute atomic E-state index is 0.258. The summed E-state index contributed by atoms with van der Waals surface area (Å²) in [7, 11) is 0. The van der Waals surface area contributed by atoms with E-state index in [9.17, 15) is 9.59 Å². The second kappa shape index (κ2) is 4.41. The highest BCUT2D eigenvalue weighted by Gasteiger charge is 2.28. The molecule has 80 valence electrons. The third-order valence-electron chi connectivity index (χ3n) is 2.84. The van der Waals surface area contributed by atoms with E-state index in [-0.39, 0.29) is 17.9 Å². The number of primary amides is 1. The molecule has 1 aliphatic rings. The fraction of sp³-hybridized carbons (Fsp3) is 0.778. The monoisotopic (exact) mass is 200 g/mol. The van der Waals surface area contributed by atoms with Crippen LogP contribution in [-0.2, 0) is 9.59 Å². The molecule has 0 bridgehead atoms. The lowest BCUT2D eigenvalue weighted by atomic mass is 9.96. The fourth-order valence-electron chi connectivity index (χ4n) is 1.71. The van der Waals surface area contributed by atoms with E-state index in [0.29, 0.717) is 25.9 Å². The molecule has 14 heavy (non-hydrogen) atoms. The SMILES string of the molecule is CC(C(N)=O)N1CCC(C(=O)O)CC1. The van der Waals surface area contributed by atoms with Crippen LogP contribution in [0, 0.1) is 5.92 Å². The second-order valence-electron chi connectivity index (χ2n) is 3.73. The molecule has 0 aromatic rings. The summed E-state index contributed by atoms with van der Waals surface area (Å²) in [6, 6.07) is -0.287. The number of hydrogen-bond acceptors (Lipinski definition) is 3. The van der Waals surface area contributed by atoms with Gasteiger partial charge >= 0.3 is 5.97 Å². The van der Waals surface area contributed by atoms with Gasteiger partial charge in [-0.3, -0.25) is 14.5 Å². The fourth-order valence-corrected chi connectivity index (χ4v) is 1.71. The van der Waals surface area contributed by atoms with Gasteiger partial charge in [0.05, 0.1) is 12.0 Å². The van der Waals surface area contributed by atoms with Gasteiger partial charge in [-0.05, 0) is 32.9 Å². The molecule has 1 aliphatic heterocycles. The Hall–Kier alpha value is -1.10. The van der Waals surface area contributed by atoms with Crippen LogP contribution in [0.5, 0.6) is 0 Å². The lowest BCUT2D eigenvalue weighted by molar-refractivity contribution is -0.143. The number of aliphatic carboxylic acids is 1. The van der Waals surface area contributed by atoms with E-state index >= 15 is 0 Å². The van der Waals surface area contributed by atoms with Gasteiger partial charge in [-0.15, -0.1) is 0 Å². The van der Waals surface area contributed by atoms with Crippen molar-refractivity contribution < 1.29 is 14.7 Å². The van der Waals surface area contributed by atoms with Crippen LogP contribution in [0.1, 0.15) is 19.8 Å². The van der Waals surface area contributed by atoms with Crippen LogP contribution in [-0.4, -0.2) is 41.0 Å². The van der Waals surface area contributed by atoms with Crippen LogP contribution >= 0.6 is 0 Å². The molecule has 1 heterocycles. The molecule has 5 heteroatoms. The molecule has 1 unspecified atom stereocenters. The molecule has 0 aromatic carbocycles. The number of amides is 1. The number of carboxylic acids is 1. The Bertz CT molecular complexity index is 234. The largest absolute Gasteiger partial charge is 0.481 e. The Labute approximate surface area is 82.9 Å². The first-order chi connectivity index (χ1) is 6.52. The zero-order valence-corrected chi connectivity index (χ0v) is 8.27. The van der Waals surface area contributed by atoms with E-state index in [1.54, 1.807) is 6.92 Å². The maximum atomic E-state index is 10.9. The van der Waals surface area contributed by atoms with Gasteiger partial charge < -0.3 is 10.8 Å². The molecule has 1 fully saturated rings. The molecule has 0 radical (unpaired) electrons. The smallest absolute Gasteiger partial charge is 0.306 e. The predicted molar refractivity (Wildman–Crippen MR) is 50.6 cm³/mol. The number of nitrogens with two attached hydrogens (primary N) is 1. The Morgan fingerprint density at radius 1 is 1.43 bits per heavy atom. The van der Waals surface area contributed by atoms with Crippen LogP contribution in [0.15, 0.2) is 0 Å². The Balaban J connectivity index is 2.43. The molecule has 1 atom stereocenters. The molecular formula is C9H16N2O3.